The van der Waals surface area contributed by atoms with E-state index in [4.69, 9.17) is 9.47 Å². The SMILES string of the molecule is COc1ccc(OC)c(CN2C(=O)CSC2c2cccc(OC(F)(F)F)c2)c1. The maximum Gasteiger partial charge on any atom is 0.573 e. The van der Waals surface area contributed by atoms with Gasteiger partial charge in [-0.1, -0.05) is 12.1 Å². The molecular weight excluding hydrogens is 395 g/mol. The molecule has 3 rings (SSSR count). The van der Waals surface area contributed by atoms with E-state index in [9.17, 15) is 18.0 Å². The Kier molecular flexibility index (Phi) is 5.93. The van der Waals surface area contributed by atoms with Crippen LogP contribution in [0, 0.1) is 0 Å². The van der Waals surface area contributed by atoms with Crippen molar-refractivity contribution < 1.29 is 32.2 Å². The number of hydrogen-bond donors (Lipinski definition) is 0. The van der Waals surface area contributed by atoms with Gasteiger partial charge in [-0.2, -0.15) is 0 Å². The Morgan fingerprint density at radius 3 is 2.57 bits per heavy atom. The summed E-state index contributed by atoms with van der Waals surface area (Å²) >= 11 is 1.35. The van der Waals surface area contributed by atoms with Crippen LogP contribution >= 0.6 is 11.8 Å². The number of carbonyl (C=O) groups is 1. The fraction of sp³-hybridized carbons (Fsp3) is 0.316. The number of halogens is 3. The summed E-state index contributed by atoms with van der Waals surface area (Å²) in [6.07, 6.45) is -4.77. The first-order valence-electron chi connectivity index (χ1n) is 8.28. The van der Waals surface area contributed by atoms with Crippen LogP contribution in [0.2, 0.25) is 0 Å². The van der Waals surface area contributed by atoms with Crippen molar-refractivity contribution in [1.82, 2.24) is 4.90 Å². The van der Waals surface area contributed by atoms with E-state index in [-0.39, 0.29) is 24.0 Å². The van der Waals surface area contributed by atoms with E-state index < -0.39 is 11.7 Å². The average molecular weight is 413 g/mol. The first-order chi connectivity index (χ1) is 13.3. The second kappa shape index (κ2) is 8.22. The van der Waals surface area contributed by atoms with Gasteiger partial charge in [0.1, 0.15) is 22.6 Å². The molecule has 1 unspecified atom stereocenters. The zero-order chi connectivity index (χ0) is 20.3. The zero-order valence-electron chi connectivity index (χ0n) is 15.2. The molecule has 0 radical (unpaired) electrons. The van der Waals surface area contributed by atoms with Gasteiger partial charge >= 0.3 is 6.36 Å². The number of nitrogens with zero attached hydrogens (tertiary/aromatic N) is 1. The number of benzene rings is 2. The predicted molar refractivity (Wildman–Crippen MR) is 98.4 cm³/mol. The minimum absolute atomic E-state index is 0.109. The van der Waals surface area contributed by atoms with E-state index in [2.05, 4.69) is 4.74 Å². The number of methoxy groups -OCH3 is 2. The molecule has 28 heavy (non-hydrogen) atoms. The summed E-state index contributed by atoms with van der Waals surface area (Å²) in [7, 11) is 3.07. The van der Waals surface area contributed by atoms with Crippen molar-refractivity contribution in [2.75, 3.05) is 20.0 Å². The number of alkyl halides is 3. The van der Waals surface area contributed by atoms with E-state index >= 15 is 0 Å². The Morgan fingerprint density at radius 2 is 1.89 bits per heavy atom. The highest BCUT2D eigenvalue weighted by Crippen LogP contribution is 2.42. The van der Waals surface area contributed by atoms with Crippen molar-refractivity contribution >= 4 is 17.7 Å². The van der Waals surface area contributed by atoms with E-state index in [0.717, 1.165) is 5.56 Å². The van der Waals surface area contributed by atoms with Crippen molar-refractivity contribution in [3.05, 3.63) is 53.6 Å². The van der Waals surface area contributed by atoms with Gasteiger partial charge in [0.25, 0.3) is 0 Å². The number of hydrogen-bond acceptors (Lipinski definition) is 5. The molecule has 1 saturated heterocycles. The number of ether oxygens (including phenoxy) is 3. The lowest BCUT2D eigenvalue weighted by atomic mass is 10.1. The fourth-order valence-corrected chi connectivity index (χ4v) is 4.13. The van der Waals surface area contributed by atoms with Crippen LogP contribution in [0.3, 0.4) is 0 Å². The summed E-state index contributed by atoms with van der Waals surface area (Å²) in [5, 5.41) is -0.430. The number of carbonyl (C=O) groups excluding carboxylic acids is 1. The van der Waals surface area contributed by atoms with Crippen LogP contribution < -0.4 is 14.2 Å². The fourth-order valence-electron chi connectivity index (χ4n) is 2.96. The molecule has 0 aromatic heterocycles. The Balaban J connectivity index is 1.88. The van der Waals surface area contributed by atoms with E-state index in [1.165, 1.54) is 44.2 Å². The maximum absolute atomic E-state index is 12.5. The minimum Gasteiger partial charge on any atom is -0.497 e. The standard InChI is InChI=1S/C19H18F3NO4S/c1-25-14-6-7-16(26-2)13(9-14)10-23-17(24)11-28-18(23)12-4-3-5-15(8-12)27-19(20,21)22/h3-9,18H,10-11H2,1-2H3. The van der Waals surface area contributed by atoms with Crippen LogP contribution in [0.5, 0.6) is 17.2 Å². The zero-order valence-corrected chi connectivity index (χ0v) is 16.0. The quantitative estimate of drug-likeness (QED) is 0.704. The number of thioether (sulfide) groups is 1. The molecule has 0 bridgehead atoms. The molecule has 1 aliphatic rings. The molecule has 0 saturated carbocycles. The molecule has 2 aromatic carbocycles. The van der Waals surface area contributed by atoms with Crippen LogP contribution in [0.15, 0.2) is 42.5 Å². The third-order valence-corrected chi connectivity index (χ3v) is 5.43. The summed E-state index contributed by atoms with van der Waals surface area (Å²) < 4.78 is 52.1. The molecule has 0 spiro atoms. The van der Waals surface area contributed by atoms with Crippen LogP contribution in [-0.4, -0.2) is 37.1 Å². The van der Waals surface area contributed by atoms with Gasteiger partial charge in [-0.3, -0.25) is 4.79 Å². The first kappa shape index (κ1) is 20.2. The van der Waals surface area contributed by atoms with Gasteiger partial charge < -0.3 is 19.1 Å². The number of rotatable bonds is 6. The third-order valence-electron chi connectivity index (χ3n) is 4.17. The van der Waals surface area contributed by atoms with Crippen molar-refractivity contribution in [2.24, 2.45) is 0 Å². The summed E-state index contributed by atoms with van der Waals surface area (Å²) in [5.41, 5.74) is 1.30. The highest BCUT2D eigenvalue weighted by molar-refractivity contribution is 8.00. The van der Waals surface area contributed by atoms with Crippen molar-refractivity contribution in [3.8, 4) is 17.2 Å². The van der Waals surface area contributed by atoms with Gasteiger partial charge in [-0.25, -0.2) is 0 Å². The molecule has 1 aliphatic heterocycles. The molecular formula is C19H18F3NO4S. The van der Waals surface area contributed by atoms with Gasteiger partial charge in [-0.05, 0) is 35.9 Å². The smallest absolute Gasteiger partial charge is 0.497 e. The summed E-state index contributed by atoms with van der Waals surface area (Å²) in [6.45, 7) is 0.237. The largest absolute Gasteiger partial charge is 0.573 e. The van der Waals surface area contributed by atoms with Gasteiger partial charge in [0.2, 0.25) is 5.91 Å². The summed E-state index contributed by atoms with van der Waals surface area (Å²) in [6, 6.07) is 11.0. The average Bonchev–Trinajstić information content (AvgIpc) is 3.01. The molecule has 2 aromatic rings. The summed E-state index contributed by atoms with van der Waals surface area (Å²) in [4.78, 5) is 14.1. The van der Waals surface area contributed by atoms with Crippen LogP contribution in [0.1, 0.15) is 16.5 Å². The lowest BCUT2D eigenvalue weighted by Crippen LogP contribution is -2.28. The van der Waals surface area contributed by atoms with Crippen LogP contribution in [0.4, 0.5) is 13.2 Å². The van der Waals surface area contributed by atoms with Gasteiger partial charge in [0, 0.05) is 5.56 Å². The maximum atomic E-state index is 12.5. The predicted octanol–water partition coefficient (Wildman–Crippen LogP) is 4.38. The van der Waals surface area contributed by atoms with Crippen LogP contribution in [0.25, 0.3) is 0 Å². The molecule has 9 heteroatoms. The first-order valence-corrected chi connectivity index (χ1v) is 9.33. The highest BCUT2D eigenvalue weighted by Gasteiger charge is 2.35. The third kappa shape index (κ3) is 4.64. The van der Waals surface area contributed by atoms with Crippen LogP contribution in [-0.2, 0) is 11.3 Å². The number of amides is 1. The Bertz CT molecular complexity index is 859. The highest BCUT2D eigenvalue weighted by atomic mass is 32.2. The monoisotopic (exact) mass is 413 g/mol. The Morgan fingerprint density at radius 1 is 1.11 bits per heavy atom. The van der Waals surface area contributed by atoms with Gasteiger partial charge in [0.15, 0.2) is 0 Å². The second-order valence-electron chi connectivity index (χ2n) is 5.98. The molecule has 150 valence electrons. The van der Waals surface area contributed by atoms with Crippen molar-refractivity contribution in [2.45, 2.75) is 18.3 Å². The molecule has 1 atom stereocenters. The molecule has 0 N–H and O–H groups in total. The van der Waals surface area contributed by atoms with E-state index in [0.29, 0.717) is 17.1 Å². The topological polar surface area (TPSA) is 48.0 Å². The molecule has 5 nitrogen and oxygen atoms in total. The molecule has 1 heterocycles. The summed E-state index contributed by atoms with van der Waals surface area (Å²) in [5.74, 6) is 1.03. The van der Waals surface area contributed by atoms with Crippen molar-refractivity contribution in [3.63, 3.8) is 0 Å². The molecule has 1 fully saturated rings. The van der Waals surface area contributed by atoms with Gasteiger partial charge in [-0.15, -0.1) is 24.9 Å². The van der Waals surface area contributed by atoms with E-state index in [1.807, 2.05) is 0 Å². The van der Waals surface area contributed by atoms with E-state index in [1.54, 1.807) is 29.2 Å². The van der Waals surface area contributed by atoms with Crippen molar-refractivity contribution in [1.29, 1.82) is 0 Å². The minimum atomic E-state index is -4.77. The normalized spacial score (nSPS) is 17.0. The second-order valence-corrected chi connectivity index (χ2v) is 7.05. The lowest BCUT2D eigenvalue weighted by molar-refractivity contribution is -0.274. The lowest BCUT2D eigenvalue weighted by Gasteiger charge is -2.25. The van der Waals surface area contributed by atoms with Gasteiger partial charge in [0.05, 0.1) is 26.5 Å². The Labute approximate surface area is 164 Å². The molecule has 1 amide bonds. The molecule has 0 aliphatic carbocycles. The Hall–Kier alpha value is -2.55.